The summed E-state index contributed by atoms with van der Waals surface area (Å²) in [6, 6.07) is 14.3. The summed E-state index contributed by atoms with van der Waals surface area (Å²) in [4.78, 5) is 12.8. The second-order valence-corrected chi connectivity index (χ2v) is 7.76. The molecule has 3 heteroatoms. The van der Waals surface area contributed by atoms with Gasteiger partial charge in [0.1, 0.15) is 5.75 Å². The summed E-state index contributed by atoms with van der Waals surface area (Å²) in [5, 5.41) is 3.13. The van der Waals surface area contributed by atoms with Crippen molar-refractivity contribution in [3.05, 3.63) is 59.2 Å². The Bertz CT molecular complexity index is 721. The van der Waals surface area contributed by atoms with E-state index < -0.39 is 6.10 Å². The molecule has 146 valence electrons. The fourth-order valence-corrected chi connectivity index (χ4v) is 3.20. The number of hydrogen-bond donors (Lipinski definition) is 1. The smallest absolute Gasteiger partial charge is 0.265 e. The molecule has 3 nitrogen and oxygen atoms in total. The van der Waals surface area contributed by atoms with Crippen LogP contribution in [0.15, 0.2) is 42.5 Å². The summed E-state index contributed by atoms with van der Waals surface area (Å²) in [5.41, 5.74) is 4.53. The van der Waals surface area contributed by atoms with Gasteiger partial charge in [-0.15, -0.1) is 0 Å². The van der Waals surface area contributed by atoms with Crippen molar-refractivity contribution in [1.82, 2.24) is 0 Å². The van der Waals surface area contributed by atoms with Gasteiger partial charge in [0, 0.05) is 5.69 Å². The van der Waals surface area contributed by atoms with Gasteiger partial charge in [0.25, 0.3) is 5.91 Å². The van der Waals surface area contributed by atoms with Crippen LogP contribution in [-0.4, -0.2) is 12.0 Å². The zero-order valence-corrected chi connectivity index (χ0v) is 17.5. The van der Waals surface area contributed by atoms with Gasteiger partial charge in [-0.05, 0) is 54.0 Å². The highest BCUT2D eigenvalue weighted by Gasteiger charge is 2.20. The Balaban J connectivity index is 2.14. The summed E-state index contributed by atoms with van der Waals surface area (Å²) in [5.74, 6) is 1.27. The van der Waals surface area contributed by atoms with Gasteiger partial charge in [0.2, 0.25) is 0 Å². The number of nitrogens with one attached hydrogen (secondary N) is 1. The first-order valence-electron chi connectivity index (χ1n) is 10.0. The lowest BCUT2D eigenvalue weighted by atomic mass is 9.92. The van der Waals surface area contributed by atoms with Crippen molar-refractivity contribution >= 4 is 11.6 Å². The molecule has 2 rings (SSSR count). The SMILES string of the molecule is CCCc1ccc(OC(C)C(=O)Nc2c(C(C)C)cccc2C(C)C)cc1. The van der Waals surface area contributed by atoms with Gasteiger partial charge in [0.15, 0.2) is 6.10 Å². The fraction of sp³-hybridized carbons (Fsp3) is 0.458. The molecule has 27 heavy (non-hydrogen) atoms. The number of hydrogen-bond acceptors (Lipinski definition) is 2. The second kappa shape index (κ2) is 9.59. The first-order chi connectivity index (χ1) is 12.8. The topological polar surface area (TPSA) is 38.3 Å². The number of aryl methyl sites for hydroxylation is 1. The minimum absolute atomic E-state index is 0.123. The fourth-order valence-electron chi connectivity index (χ4n) is 3.20. The number of anilines is 1. The Hall–Kier alpha value is -2.29. The summed E-state index contributed by atoms with van der Waals surface area (Å²) in [6.07, 6.45) is 1.61. The molecule has 0 heterocycles. The van der Waals surface area contributed by atoms with Crippen molar-refractivity contribution in [3.8, 4) is 5.75 Å². The number of amides is 1. The van der Waals surface area contributed by atoms with E-state index in [0.717, 1.165) is 35.4 Å². The van der Waals surface area contributed by atoms with Crippen molar-refractivity contribution in [3.63, 3.8) is 0 Å². The predicted molar refractivity (Wildman–Crippen MR) is 114 cm³/mol. The van der Waals surface area contributed by atoms with Crippen LogP contribution in [0, 0.1) is 0 Å². The second-order valence-electron chi connectivity index (χ2n) is 7.76. The van der Waals surface area contributed by atoms with Crippen LogP contribution in [0.1, 0.15) is 76.5 Å². The molecule has 2 aromatic carbocycles. The van der Waals surface area contributed by atoms with Crippen LogP contribution >= 0.6 is 0 Å². The zero-order chi connectivity index (χ0) is 20.0. The van der Waals surface area contributed by atoms with E-state index in [4.69, 9.17) is 4.74 Å². The predicted octanol–water partition coefficient (Wildman–Crippen LogP) is 6.29. The van der Waals surface area contributed by atoms with E-state index in [2.05, 4.69) is 70.3 Å². The maximum Gasteiger partial charge on any atom is 0.265 e. The molecular formula is C24H33NO2. The van der Waals surface area contributed by atoms with Crippen LogP contribution in [0.2, 0.25) is 0 Å². The van der Waals surface area contributed by atoms with Gasteiger partial charge < -0.3 is 10.1 Å². The van der Waals surface area contributed by atoms with Crippen molar-refractivity contribution in [2.45, 2.75) is 72.3 Å². The van der Waals surface area contributed by atoms with Crippen molar-refractivity contribution < 1.29 is 9.53 Å². The van der Waals surface area contributed by atoms with E-state index in [1.165, 1.54) is 5.56 Å². The first kappa shape index (κ1) is 21.0. The lowest BCUT2D eigenvalue weighted by molar-refractivity contribution is -0.122. The van der Waals surface area contributed by atoms with Crippen LogP contribution in [0.3, 0.4) is 0 Å². The van der Waals surface area contributed by atoms with Crippen molar-refractivity contribution in [2.75, 3.05) is 5.32 Å². The van der Waals surface area contributed by atoms with Crippen LogP contribution < -0.4 is 10.1 Å². The Morgan fingerprint density at radius 1 is 0.926 bits per heavy atom. The van der Waals surface area contributed by atoms with Gasteiger partial charge in [-0.25, -0.2) is 0 Å². The zero-order valence-electron chi connectivity index (χ0n) is 17.5. The lowest BCUT2D eigenvalue weighted by Gasteiger charge is -2.22. The molecule has 1 N–H and O–H groups in total. The third kappa shape index (κ3) is 5.59. The molecule has 1 amide bonds. The molecule has 0 aliphatic rings. The molecular weight excluding hydrogens is 334 g/mol. The van der Waals surface area contributed by atoms with Gasteiger partial charge in [0.05, 0.1) is 0 Å². The molecule has 1 atom stereocenters. The average Bonchev–Trinajstić information content (AvgIpc) is 2.63. The number of rotatable bonds is 8. The summed E-state index contributed by atoms with van der Waals surface area (Å²) in [7, 11) is 0. The van der Waals surface area contributed by atoms with E-state index in [-0.39, 0.29) is 5.91 Å². The number of ether oxygens (including phenoxy) is 1. The summed E-state index contributed by atoms with van der Waals surface area (Å²) < 4.78 is 5.87. The Kier molecular flexibility index (Phi) is 7.46. The van der Waals surface area contributed by atoms with Crippen LogP contribution in [0.4, 0.5) is 5.69 Å². The standard InChI is InChI=1S/C24H33NO2/c1-7-9-19-12-14-20(15-13-19)27-18(6)24(26)25-23-21(16(2)3)10-8-11-22(23)17(4)5/h8,10-18H,7,9H2,1-6H3,(H,25,26). The Labute approximate surface area is 164 Å². The number of carbonyl (C=O) groups is 1. The van der Waals surface area contributed by atoms with Gasteiger partial charge in [-0.2, -0.15) is 0 Å². The number of benzene rings is 2. The minimum atomic E-state index is -0.567. The van der Waals surface area contributed by atoms with Crippen LogP contribution in [0.25, 0.3) is 0 Å². The highest BCUT2D eigenvalue weighted by Crippen LogP contribution is 2.32. The molecule has 0 aliphatic heterocycles. The molecule has 2 aromatic rings. The minimum Gasteiger partial charge on any atom is -0.481 e. The third-order valence-corrected chi connectivity index (χ3v) is 4.77. The highest BCUT2D eigenvalue weighted by molar-refractivity contribution is 5.95. The van der Waals surface area contributed by atoms with Gasteiger partial charge >= 0.3 is 0 Å². The summed E-state index contributed by atoms with van der Waals surface area (Å²) in [6.45, 7) is 12.5. The largest absolute Gasteiger partial charge is 0.481 e. The monoisotopic (exact) mass is 367 g/mol. The maximum atomic E-state index is 12.8. The van der Waals surface area contributed by atoms with E-state index >= 15 is 0 Å². The van der Waals surface area contributed by atoms with Crippen molar-refractivity contribution in [1.29, 1.82) is 0 Å². The average molecular weight is 368 g/mol. The summed E-state index contributed by atoms with van der Waals surface area (Å²) >= 11 is 0. The maximum absolute atomic E-state index is 12.8. The van der Waals surface area contributed by atoms with Gasteiger partial charge in [-0.1, -0.05) is 71.4 Å². The molecule has 0 aliphatic carbocycles. The van der Waals surface area contributed by atoms with Crippen molar-refractivity contribution in [2.24, 2.45) is 0 Å². The molecule has 0 saturated carbocycles. The Morgan fingerprint density at radius 3 is 1.96 bits per heavy atom. The number of para-hydroxylation sites is 1. The highest BCUT2D eigenvalue weighted by atomic mass is 16.5. The van der Waals surface area contributed by atoms with Crippen LogP contribution in [-0.2, 0) is 11.2 Å². The molecule has 0 radical (unpaired) electrons. The molecule has 0 saturated heterocycles. The quantitative estimate of drug-likeness (QED) is 0.595. The normalized spacial score (nSPS) is 12.3. The first-order valence-corrected chi connectivity index (χ1v) is 10.0. The van der Waals surface area contributed by atoms with E-state index in [9.17, 15) is 4.79 Å². The molecule has 0 aromatic heterocycles. The number of carbonyl (C=O) groups excluding carboxylic acids is 1. The third-order valence-electron chi connectivity index (χ3n) is 4.77. The molecule has 0 bridgehead atoms. The van der Waals surface area contributed by atoms with Gasteiger partial charge in [-0.3, -0.25) is 4.79 Å². The van der Waals surface area contributed by atoms with E-state index in [1.54, 1.807) is 6.92 Å². The van der Waals surface area contributed by atoms with E-state index in [0.29, 0.717) is 11.8 Å². The molecule has 0 fully saturated rings. The van der Waals surface area contributed by atoms with E-state index in [1.807, 2.05) is 12.1 Å². The van der Waals surface area contributed by atoms with Crippen LogP contribution in [0.5, 0.6) is 5.75 Å². The lowest BCUT2D eigenvalue weighted by Crippen LogP contribution is -2.31. The molecule has 1 unspecified atom stereocenters. The molecule has 0 spiro atoms. The Morgan fingerprint density at radius 2 is 1.48 bits per heavy atom.